The van der Waals surface area contributed by atoms with Crippen molar-refractivity contribution in [1.82, 2.24) is 5.32 Å². The Kier molecular flexibility index (Phi) is 4.58. The summed E-state index contributed by atoms with van der Waals surface area (Å²) in [7, 11) is 0. The van der Waals surface area contributed by atoms with Crippen LogP contribution in [0.15, 0.2) is 41.0 Å². The minimum Gasteiger partial charge on any atom is -0.475 e. The minimum atomic E-state index is -1.04. The number of aryl methyl sites for hydroxylation is 1. The summed E-state index contributed by atoms with van der Waals surface area (Å²) in [6, 6.07) is 10.3. The molecule has 0 aliphatic rings. The van der Waals surface area contributed by atoms with Crippen LogP contribution in [0.3, 0.4) is 0 Å². The number of carboxylic acids is 1. The predicted molar refractivity (Wildman–Crippen MR) is 76.7 cm³/mol. The lowest BCUT2D eigenvalue weighted by atomic mass is 10.0. The van der Waals surface area contributed by atoms with Crippen molar-refractivity contribution in [1.29, 1.82) is 0 Å². The second-order valence-electron chi connectivity index (χ2n) is 4.78. The van der Waals surface area contributed by atoms with Crippen LogP contribution in [0.1, 0.15) is 47.1 Å². The van der Waals surface area contributed by atoms with E-state index >= 15 is 0 Å². The van der Waals surface area contributed by atoms with Crippen molar-refractivity contribution < 1.29 is 14.3 Å². The third kappa shape index (κ3) is 3.27. The predicted octanol–water partition coefficient (Wildman–Crippen LogP) is 3.39. The van der Waals surface area contributed by atoms with E-state index in [4.69, 9.17) is 9.52 Å². The van der Waals surface area contributed by atoms with E-state index in [0.29, 0.717) is 12.1 Å². The number of nitrogens with one attached hydrogen (secondary N) is 1. The average Bonchev–Trinajstić information content (AvgIpc) is 2.93. The van der Waals surface area contributed by atoms with Gasteiger partial charge in [0.1, 0.15) is 0 Å². The van der Waals surface area contributed by atoms with Gasteiger partial charge >= 0.3 is 5.97 Å². The van der Waals surface area contributed by atoms with E-state index in [1.54, 1.807) is 6.07 Å². The van der Waals surface area contributed by atoms with Crippen molar-refractivity contribution >= 4 is 5.97 Å². The normalized spacial score (nSPS) is 12.3. The highest BCUT2D eigenvalue weighted by molar-refractivity contribution is 5.86. The quantitative estimate of drug-likeness (QED) is 0.846. The summed E-state index contributed by atoms with van der Waals surface area (Å²) < 4.78 is 4.95. The van der Waals surface area contributed by atoms with Crippen LogP contribution in [0.4, 0.5) is 0 Å². The molecule has 1 aromatic heterocycles. The van der Waals surface area contributed by atoms with Gasteiger partial charge < -0.3 is 14.8 Å². The van der Waals surface area contributed by atoms with Gasteiger partial charge in [0, 0.05) is 18.2 Å². The number of hydrogen-bond donors (Lipinski definition) is 2. The molecule has 0 bridgehead atoms. The number of hydrogen-bond acceptors (Lipinski definition) is 3. The van der Waals surface area contributed by atoms with E-state index in [1.807, 2.05) is 0 Å². The van der Waals surface area contributed by atoms with Gasteiger partial charge in [0.05, 0.1) is 6.26 Å². The number of benzene rings is 1. The molecule has 20 heavy (non-hydrogen) atoms. The highest BCUT2D eigenvalue weighted by Gasteiger charge is 2.14. The first-order chi connectivity index (χ1) is 9.61. The second-order valence-corrected chi connectivity index (χ2v) is 4.78. The van der Waals surface area contributed by atoms with Crippen LogP contribution in [0, 0.1) is 0 Å². The molecule has 2 aromatic rings. The second kappa shape index (κ2) is 6.39. The van der Waals surface area contributed by atoms with Gasteiger partial charge in [-0.15, -0.1) is 0 Å². The highest BCUT2D eigenvalue weighted by atomic mass is 16.4. The Balaban J connectivity index is 1.99. The molecule has 1 unspecified atom stereocenters. The van der Waals surface area contributed by atoms with Crippen LogP contribution in [0.2, 0.25) is 0 Å². The smallest absolute Gasteiger partial charge is 0.372 e. The fraction of sp³-hybridized carbons (Fsp3) is 0.312. The molecule has 1 aromatic carbocycles. The molecule has 4 nitrogen and oxygen atoms in total. The molecule has 106 valence electrons. The monoisotopic (exact) mass is 273 g/mol. The van der Waals surface area contributed by atoms with Crippen molar-refractivity contribution in [3.05, 3.63) is 59.0 Å². The first-order valence-electron chi connectivity index (χ1n) is 6.73. The Hall–Kier alpha value is -2.07. The molecule has 4 heteroatoms. The third-order valence-corrected chi connectivity index (χ3v) is 3.43. The van der Waals surface area contributed by atoms with Gasteiger partial charge in [0.2, 0.25) is 5.76 Å². The van der Waals surface area contributed by atoms with E-state index in [2.05, 4.69) is 43.4 Å². The molecule has 0 fully saturated rings. The number of carbonyl (C=O) groups is 1. The lowest BCUT2D eigenvalue weighted by Gasteiger charge is -2.14. The van der Waals surface area contributed by atoms with E-state index in [-0.39, 0.29) is 11.8 Å². The summed E-state index contributed by atoms with van der Waals surface area (Å²) in [5, 5.41) is 12.3. The Morgan fingerprint density at radius 1 is 1.30 bits per heavy atom. The molecule has 0 saturated carbocycles. The maximum Gasteiger partial charge on any atom is 0.372 e. The largest absolute Gasteiger partial charge is 0.475 e. The summed E-state index contributed by atoms with van der Waals surface area (Å²) >= 11 is 0. The summed E-state index contributed by atoms with van der Waals surface area (Å²) in [6.45, 7) is 4.65. The molecule has 2 N–H and O–H groups in total. The minimum absolute atomic E-state index is 0.00558. The lowest BCUT2D eigenvalue weighted by Crippen LogP contribution is -2.19. The van der Waals surface area contributed by atoms with Crippen LogP contribution in [-0.4, -0.2) is 11.1 Å². The fourth-order valence-corrected chi connectivity index (χ4v) is 2.09. The highest BCUT2D eigenvalue weighted by Crippen LogP contribution is 2.16. The molecule has 1 heterocycles. The van der Waals surface area contributed by atoms with Crippen molar-refractivity contribution in [3.63, 3.8) is 0 Å². The Labute approximate surface area is 118 Å². The van der Waals surface area contributed by atoms with Crippen molar-refractivity contribution in [2.45, 2.75) is 32.9 Å². The van der Waals surface area contributed by atoms with Crippen LogP contribution >= 0.6 is 0 Å². The van der Waals surface area contributed by atoms with Crippen molar-refractivity contribution in [2.75, 3.05) is 0 Å². The summed E-state index contributed by atoms with van der Waals surface area (Å²) in [5.74, 6) is -1.03. The van der Waals surface area contributed by atoms with E-state index in [0.717, 1.165) is 6.42 Å². The van der Waals surface area contributed by atoms with Crippen LogP contribution < -0.4 is 5.32 Å². The van der Waals surface area contributed by atoms with Crippen molar-refractivity contribution in [3.8, 4) is 0 Å². The first kappa shape index (κ1) is 14.3. The summed E-state index contributed by atoms with van der Waals surface area (Å²) in [5.41, 5.74) is 3.15. The molecule has 0 aliphatic heterocycles. The standard InChI is InChI=1S/C16H19NO3/c1-3-12-4-6-13(7-5-12)11(2)17-10-14-8-9-20-15(14)16(18)19/h4-9,11,17H,3,10H2,1-2H3,(H,18,19). The number of aromatic carboxylic acids is 1. The SMILES string of the molecule is CCc1ccc(C(C)NCc2ccoc2C(=O)O)cc1. The third-order valence-electron chi connectivity index (χ3n) is 3.43. The van der Waals surface area contributed by atoms with Gasteiger partial charge in [-0.1, -0.05) is 31.2 Å². The molecule has 0 saturated heterocycles. The number of rotatable bonds is 6. The van der Waals surface area contributed by atoms with E-state index in [1.165, 1.54) is 17.4 Å². The average molecular weight is 273 g/mol. The summed E-state index contributed by atoms with van der Waals surface area (Å²) in [4.78, 5) is 10.9. The zero-order valence-corrected chi connectivity index (χ0v) is 11.7. The van der Waals surface area contributed by atoms with E-state index < -0.39 is 5.97 Å². The van der Waals surface area contributed by atoms with Gasteiger partial charge in [-0.05, 0) is 30.5 Å². The molecule has 0 amide bonds. The van der Waals surface area contributed by atoms with Gasteiger partial charge in [-0.2, -0.15) is 0 Å². The van der Waals surface area contributed by atoms with Crippen LogP contribution in [-0.2, 0) is 13.0 Å². The maximum atomic E-state index is 10.9. The molecule has 0 spiro atoms. The fourth-order valence-electron chi connectivity index (χ4n) is 2.09. The molecule has 1 atom stereocenters. The number of furan rings is 1. The van der Waals surface area contributed by atoms with Gasteiger partial charge in [-0.25, -0.2) is 4.79 Å². The zero-order valence-electron chi connectivity index (χ0n) is 11.7. The first-order valence-corrected chi connectivity index (χ1v) is 6.73. The Bertz CT molecular complexity index is 572. The molecule has 0 aliphatic carbocycles. The molecular weight excluding hydrogens is 254 g/mol. The maximum absolute atomic E-state index is 10.9. The van der Waals surface area contributed by atoms with Gasteiger partial charge in [0.15, 0.2) is 0 Å². The topological polar surface area (TPSA) is 62.5 Å². The van der Waals surface area contributed by atoms with Gasteiger partial charge in [-0.3, -0.25) is 0 Å². The van der Waals surface area contributed by atoms with E-state index in [9.17, 15) is 4.79 Å². The molecule has 0 radical (unpaired) electrons. The Morgan fingerprint density at radius 2 is 2.00 bits per heavy atom. The summed E-state index contributed by atoms with van der Waals surface area (Å²) in [6.07, 6.45) is 2.43. The zero-order chi connectivity index (χ0) is 14.5. The lowest BCUT2D eigenvalue weighted by molar-refractivity contribution is 0.0660. The Morgan fingerprint density at radius 3 is 2.60 bits per heavy atom. The number of carboxylic acid groups (broad SMARTS) is 1. The van der Waals surface area contributed by atoms with Crippen LogP contribution in [0.5, 0.6) is 0 Å². The molecular formula is C16H19NO3. The van der Waals surface area contributed by atoms with Crippen LogP contribution in [0.25, 0.3) is 0 Å². The van der Waals surface area contributed by atoms with Crippen molar-refractivity contribution in [2.24, 2.45) is 0 Å². The van der Waals surface area contributed by atoms with Gasteiger partial charge in [0.25, 0.3) is 0 Å². The molecule has 2 rings (SSSR count).